The van der Waals surface area contributed by atoms with Crippen LogP contribution < -0.4 is 10.2 Å². The van der Waals surface area contributed by atoms with E-state index in [2.05, 4.69) is 17.4 Å². The van der Waals surface area contributed by atoms with Crippen LogP contribution in [0, 0.1) is 5.92 Å². The van der Waals surface area contributed by atoms with Crippen molar-refractivity contribution in [2.24, 2.45) is 5.92 Å². The highest BCUT2D eigenvalue weighted by molar-refractivity contribution is 6.00. The Kier molecular flexibility index (Phi) is 4.75. The Balaban J connectivity index is 1.32. The standard InChI is InChI=1S/C20H26N2O3/c23-19-12-16(20(24)21-9-8-18-5-2-10-25-18)13-22(19)17-7-6-14-3-1-4-15(14)11-17/h6-7,11,16,18H,1-5,8-10,12-13H2,(H,21,24)/t16-,18-/m1/s1. The van der Waals surface area contributed by atoms with Crippen LogP contribution in [0.2, 0.25) is 0 Å². The lowest BCUT2D eigenvalue weighted by Crippen LogP contribution is -2.34. The van der Waals surface area contributed by atoms with E-state index in [0.29, 0.717) is 19.5 Å². The molecule has 1 aromatic rings. The summed E-state index contributed by atoms with van der Waals surface area (Å²) in [6, 6.07) is 6.30. The summed E-state index contributed by atoms with van der Waals surface area (Å²) in [5, 5.41) is 2.99. The van der Waals surface area contributed by atoms with Gasteiger partial charge in [-0.2, -0.15) is 0 Å². The number of nitrogens with zero attached hydrogens (tertiary/aromatic N) is 1. The third-order valence-electron chi connectivity index (χ3n) is 5.68. The van der Waals surface area contributed by atoms with Crippen molar-refractivity contribution in [3.63, 3.8) is 0 Å². The zero-order chi connectivity index (χ0) is 17.2. The van der Waals surface area contributed by atoms with Crippen LogP contribution in [0.3, 0.4) is 0 Å². The molecular formula is C20H26N2O3. The number of aryl methyl sites for hydroxylation is 2. The molecule has 0 aromatic heterocycles. The van der Waals surface area contributed by atoms with E-state index in [4.69, 9.17) is 4.74 Å². The van der Waals surface area contributed by atoms with Gasteiger partial charge in [0.25, 0.3) is 0 Å². The Morgan fingerprint density at radius 2 is 2.12 bits per heavy atom. The van der Waals surface area contributed by atoms with E-state index >= 15 is 0 Å². The fourth-order valence-corrected chi connectivity index (χ4v) is 4.23. The average molecular weight is 342 g/mol. The number of amides is 2. The van der Waals surface area contributed by atoms with Crippen LogP contribution in [-0.4, -0.2) is 37.6 Å². The van der Waals surface area contributed by atoms with Crippen LogP contribution in [-0.2, 0) is 27.2 Å². The van der Waals surface area contributed by atoms with Crippen molar-refractivity contribution < 1.29 is 14.3 Å². The number of anilines is 1. The molecule has 2 atom stereocenters. The number of carbonyl (C=O) groups excluding carboxylic acids is 2. The van der Waals surface area contributed by atoms with Crippen molar-refractivity contribution >= 4 is 17.5 Å². The molecule has 25 heavy (non-hydrogen) atoms. The zero-order valence-electron chi connectivity index (χ0n) is 14.6. The average Bonchev–Trinajstić information content (AvgIpc) is 3.34. The van der Waals surface area contributed by atoms with Gasteiger partial charge in [-0.05, 0) is 61.8 Å². The van der Waals surface area contributed by atoms with Gasteiger partial charge < -0.3 is 15.0 Å². The van der Waals surface area contributed by atoms with Crippen LogP contribution in [0.15, 0.2) is 18.2 Å². The Bertz CT molecular complexity index is 667. The maximum atomic E-state index is 12.4. The molecule has 1 aliphatic carbocycles. The largest absolute Gasteiger partial charge is 0.378 e. The van der Waals surface area contributed by atoms with Crippen LogP contribution in [0.1, 0.15) is 43.2 Å². The summed E-state index contributed by atoms with van der Waals surface area (Å²) in [5.41, 5.74) is 3.70. The third kappa shape index (κ3) is 3.56. The summed E-state index contributed by atoms with van der Waals surface area (Å²) in [4.78, 5) is 26.6. The van der Waals surface area contributed by atoms with Crippen molar-refractivity contribution in [3.05, 3.63) is 29.3 Å². The lowest BCUT2D eigenvalue weighted by atomic mass is 10.1. The number of benzene rings is 1. The molecule has 2 amide bonds. The minimum absolute atomic E-state index is 0.00462. The van der Waals surface area contributed by atoms with Crippen LogP contribution in [0.4, 0.5) is 5.69 Å². The molecule has 1 aromatic carbocycles. The molecule has 134 valence electrons. The van der Waals surface area contributed by atoms with Crippen molar-refractivity contribution in [3.8, 4) is 0 Å². The molecule has 2 heterocycles. The first kappa shape index (κ1) is 16.6. The highest BCUT2D eigenvalue weighted by atomic mass is 16.5. The minimum atomic E-state index is -0.245. The van der Waals surface area contributed by atoms with E-state index in [-0.39, 0.29) is 23.8 Å². The molecule has 2 aliphatic heterocycles. The predicted molar refractivity (Wildman–Crippen MR) is 95.5 cm³/mol. The fraction of sp³-hybridized carbons (Fsp3) is 0.600. The molecule has 5 heteroatoms. The SMILES string of the molecule is O=C(NCC[C@H]1CCCO1)[C@@H]1CC(=O)N(c2ccc3c(c2)CCC3)C1. The van der Waals surface area contributed by atoms with E-state index in [1.54, 1.807) is 4.90 Å². The minimum Gasteiger partial charge on any atom is -0.378 e. The van der Waals surface area contributed by atoms with E-state index < -0.39 is 0 Å². The Morgan fingerprint density at radius 1 is 1.24 bits per heavy atom. The normalized spacial score (nSPS) is 25.4. The first-order chi connectivity index (χ1) is 12.2. The summed E-state index contributed by atoms with van der Waals surface area (Å²) in [5.74, 6) is -0.197. The molecule has 0 radical (unpaired) electrons. The van der Waals surface area contributed by atoms with E-state index in [9.17, 15) is 9.59 Å². The highest BCUT2D eigenvalue weighted by Crippen LogP contribution is 2.30. The molecule has 3 aliphatic rings. The third-order valence-corrected chi connectivity index (χ3v) is 5.68. The van der Waals surface area contributed by atoms with E-state index in [1.807, 2.05) is 6.07 Å². The van der Waals surface area contributed by atoms with Gasteiger partial charge in [0.15, 0.2) is 0 Å². The maximum absolute atomic E-state index is 12.4. The summed E-state index contributed by atoms with van der Waals surface area (Å²) >= 11 is 0. The summed E-state index contributed by atoms with van der Waals surface area (Å²) < 4.78 is 5.58. The van der Waals surface area contributed by atoms with Crippen molar-refractivity contribution in [2.45, 2.75) is 51.0 Å². The second-order valence-corrected chi connectivity index (χ2v) is 7.43. The van der Waals surface area contributed by atoms with Gasteiger partial charge in [0.2, 0.25) is 11.8 Å². The second-order valence-electron chi connectivity index (χ2n) is 7.43. The highest BCUT2D eigenvalue weighted by Gasteiger charge is 2.35. The summed E-state index contributed by atoms with van der Waals surface area (Å²) in [7, 11) is 0. The topological polar surface area (TPSA) is 58.6 Å². The van der Waals surface area contributed by atoms with Gasteiger partial charge in [-0.1, -0.05) is 6.07 Å². The van der Waals surface area contributed by atoms with Gasteiger partial charge in [-0.25, -0.2) is 0 Å². The first-order valence-corrected chi connectivity index (χ1v) is 9.52. The number of nitrogens with one attached hydrogen (secondary N) is 1. The molecule has 0 spiro atoms. The zero-order valence-corrected chi connectivity index (χ0v) is 14.6. The Hall–Kier alpha value is -1.88. The Morgan fingerprint density at radius 3 is 2.96 bits per heavy atom. The molecule has 2 fully saturated rings. The molecule has 2 saturated heterocycles. The van der Waals surface area contributed by atoms with Gasteiger partial charge in [-0.3, -0.25) is 9.59 Å². The van der Waals surface area contributed by atoms with E-state index in [1.165, 1.54) is 17.5 Å². The smallest absolute Gasteiger partial charge is 0.227 e. The van der Waals surface area contributed by atoms with Gasteiger partial charge in [0.05, 0.1) is 12.0 Å². The van der Waals surface area contributed by atoms with Gasteiger partial charge in [0, 0.05) is 31.8 Å². The quantitative estimate of drug-likeness (QED) is 0.892. The summed E-state index contributed by atoms with van der Waals surface area (Å²) in [6.45, 7) is 1.96. The molecule has 4 rings (SSSR count). The predicted octanol–water partition coefficient (Wildman–Crippen LogP) is 2.21. The van der Waals surface area contributed by atoms with Gasteiger partial charge >= 0.3 is 0 Å². The number of hydrogen-bond acceptors (Lipinski definition) is 3. The Labute approximate surface area is 148 Å². The number of fused-ring (bicyclic) bond motifs is 1. The number of hydrogen-bond donors (Lipinski definition) is 1. The molecule has 5 nitrogen and oxygen atoms in total. The second kappa shape index (κ2) is 7.16. The number of ether oxygens (including phenoxy) is 1. The monoisotopic (exact) mass is 342 g/mol. The van der Waals surface area contributed by atoms with Gasteiger partial charge in [-0.15, -0.1) is 0 Å². The maximum Gasteiger partial charge on any atom is 0.227 e. The van der Waals surface area contributed by atoms with Crippen LogP contribution in [0.5, 0.6) is 0 Å². The number of rotatable bonds is 5. The van der Waals surface area contributed by atoms with Crippen LogP contribution >= 0.6 is 0 Å². The first-order valence-electron chi connectivity index (χ1n) is 9.52. The van der Waals surface area contributed by atoms with Crippen molar-refractivity contribution in [1.29, 1.82) is 0 Å². The molecule has 0 bridgehead atoms. The van der Waals surface area contributed by atoms with Crippen molar-refractivity contribution in [2.75, 3.05) is 24.6 Å². The number of carbonyl (C=O) groups is 2. The van der Waals surface area contributed by atoms with Crippen LogP contribution in [0.25, 0.3) is 0 Å². The molecule has 1 N–H and O–H groups in total. The van der Waals surface area contributed by atoms with E-state index in [0.717, 1.165) is 44.4 Å². The molecular weight excluding hydrogens is 316 g/mol. The molecule has 0 saturated carbocycles. The van der Waals surface area contributed by atoms with Crippen molar-refractivity contribution in [1.82, 2.24) is 5.32 Å². The lowest BCUT2D eigenvalue weighted by molar-refractivity contribution is -0.126. The fourth-order valence-electron chi connectivity index (χ4n) is 4.23. The molecule has 0 unspecified atom stereocenters. The lowest BCUT2D eigenvalue weighted by Gasteiger charge is -2.18. The summed E-state index contributed by atoms with van der Waals surface area (Å²) in [6.07, 6.45) is 7.09. The van der Waals surface area contributed by atoms with Gasteiger partial charge in [0.1, 0.15) is 0 Å².